The third-order valence-corrected chi connectivity index (χ3v) is 4.82. The summed E-state index contributed by atoms with van der Waals surface area (Å²) < 4.78 is 0. The monoisotopic (exact) mass is 271 g/mol. The van der Waals surface area contributed by atoms with Crippen LogP contribution in [0.4, 0.5) is 0 Å². The fourth-order valence-corrected chi connectivity index (χ4v) is 3.77. The molecule has 104 valence electrons. The first-order valence-electron chi connectivity index (χ1n) is 7.66. The number of amides is 1. The van der Waals surface area contributed by atoms with Crippen molar-refractivity contribution in [3.63, 3.8) is 0 Å². The van der Waals surface area contributed by atoms with Crippen LogP contribution in [0, 0.1) is 5.92 Å². The Hall–Kier alpha value is -0.240. The lowest BCUT2D eigenvalue weighted by Gasteiger charge is -2.28. The van der Waals surface area contributed by atoms with E-state index in [2.05, 4.69) is 4.90 Å². The van der Waals surface area contributed by atoms with E-state index in [1.807, 2.05) is 0 Å². The SMILES string of the molecule is O=C(CCC1CCCC1)N(CCCl)C1CCCC1. The van der Waals surface area contributed by atoms with Crippen LogP contribution >= 0.6 is 11.6 Å². The first-order chi connectivity index (χ1) is 8.81. The van der Waals surface area contributed by atoms with Crippen molar-refractivity contribution in [1.29, 1.82) is 0 Å². The molecule has 2 aliphatic rings. The van der Waals surface area contributed by atoms with Gasteiger partial charge in [0.15, 0.2) is 0 Å². The molecule has 0 saturated heterocycles. The highest BCUT2D eigenvalue weighted by Crippen LogP contribution is 2.30. The number of halogens is 1. The molecule has 2 rings (SSSR count). The van der Waals surface area contributed by atoms with Crippen molar-refractivity contribution in [3.8, 4) is 0 Å². The molecule has 0 N–H and O–H groups in total. The van der Waals surface area contributed by atoms with E-state index in [1.54, 1.807) is 0 Å². The van der Waals surface area contributed by atoms with Crippen molar-refractivity contribution in [3.05, 3.63) is 0 Å². The zero-order valence-electron chi connectivity index (χ0n) is 11.4. The van der Waals surface area contributed by atoms with E-state index >= 15 is 0 Å². The Balaban J connectivity index is 1.78. The van der Waals surface area contributed by atoms with E-state index in [1.165, 1.54) is 51.4 Å². The minimum absolute atomic E-state index is 0.356. The van der Waals surface area contributed by atoms with E-state index in [9.17, 15) is 4.79 Å². The van der Waals surface area contributed by atoms with Crippen molar-refractivity contribution < 1.29 is 4.79 Å². The molecule has 0 aliphatic heterocycles. The van der Waals surface area contributed by atoms with Gasteiger partial charge >= 0.3 is 0 Å². The van der Waals surface area contributed by atoms with Crippen LogP contribution in [-0.2, 0) is 4.79 Å². The third-order valence-electron chi connectivity index (χ3n) is 4.65. The number of rotatable bonds is 6. The Bertz CT molecular complexity index is 257. The van der Waals surface area contributed by atoms with Gasteiger partial charge in [-0.3, -0.25) is 4.79 Å². The third kappa shape index (κ3) is 3.88. The molecule has 0 aromatic rings. The normalized spacial score (nSPS) is 21.6. The zero-order chi connectivity index (χ0) is 12.8. The maximum Gasteiger partial charge on any atom is 0.222 e. The maximum atomic E-state index is 12.3. The van der Waals surface area contributed by atoms with Crippen molar-refractivity contribution >= 4 is 17.5 Å². The average Bonchev–Trinajstić information content (AvgIpc) is 3.05. The highest BCUT2D eigenvalue weighted by Gasteiger charge is 2.26. The molecule has 0 bridgehead atoms. The predicted octanol–water partition coefficient (Wildman–Crippen LogP) is 3.97. The van der Waals surface area contributed by atoms with E-state index in [0.29, 0.717) is 17.8 Å². The summed E-state index contributed by atoms with van der Waals surface area (Å²) in [4.78, 5) is 14.4. The van der Waals surface area contributed by atoms with Crippen LogP contribution in [0.15, 0.2) is 0 Å². The van der Waals surface area contributed by atoms with Gasteiger partial charge in [-0.15, -0.1) is 11.6 Å². The number of hydrogen-bond donors (Lipinski definition) is 0. The zero-order valence-corrected chi connectivity index (χ0v) is 12.1. The maximum absolute atomic E-state index is 12.3. The van der Waals surface area contributed by atoms with Gasteiger partial charge in [0, 0.05) is 24.9 Å². The topological polar surface area (TPSA) is 20.3 Å². The summed E-state index contributed by atoms with van der Waals surface area (Å²) in [6.45, 7) is 0.746. The largest absolute Gasteiger partial charge is 0.339 e. The highest BCUT2D eigenvalue weighted by molar-refractivity contribution is 6.18. The van der Waals surface area contributed by atoms with Gasteiger partial charge < -0.3 is 4.90 Å². The second kappa shape index (κ2) is 7.37. The summed E-state index contributed by atoms with van der Waals surface area (Å²) in [7, 11) is 0. The fourth-order valence-electron chi connectivity index (χ4n) is 3.59. The summed E-state index contributed by atoms with van der Waals surface area (Å²) in [5.41, 5.74) is 0. The molecule has 0 aromatic carbocycles. The summed E-state index contributed by atoms with van der Waals surface area (Å²) in [5, 5.41) is 0. The molecule has 18 heavy (non-hydrogen) atoms. The van der Waals surface area contributed by atoms with Crippen molar-refractivity contribution in [2.75, 3.05) is 12.4 Å². The second-order valence-electron chi connectivity index (χ2n) is 5.90. The number of alkyl halides is 1. The summed E-state index contributed by atoms with van der Waals surface area (Å²) in [6.07, 6.45) is 12.2. The van der Waals surface area contributed by atoms with Gasteiger partial charge in [0.1, 0.15) is 0 Å². The van der Waals surface area contributed by atoms with Crippen LogP contribution in [0.2, 0.25) is 0 Å². The fraction of sp³-hybridized carbons (Fsp3) is 0.933. The Morgan fingerprint density at radius 3 is 2.28 bits per heavy atom. The Morgan fingerprint density at radius 1 is 1.06 bits per heavy atom. The summed E-state index contributed by atoms with van der Waals surface area (Å²) >= 11 is 5.85. The number of carbonyl (C=O) groups excluding carboxylic acids is 1. The molecule has 2 saturated carbocycles. The molecule has 0 unspecified atom stereocenters. The van der Waals surface area contributed by atoms with Gasteiger partial charge in [0.25, 0.3) is 0 Å². The van der Waals surface area contributed by atoms with E-state index in [-0.39, 0.29) is 0 Å². The molecule has 0 radical (unpaired) electrons. The van der Waals surface area contributed by atoms with Gasteiger partial charge in [-0.2, -0.15) is 0 Å². The first-order valence-corrected chi connectivity index (χ1v) is 8.20. The molecule has 0 spiro atoms. The quantitative estimate of drug-likeness (QED) is 0.670. The molecule has 2 nitrogen and oxygen atoms in total. The van der Waals surface area contributed by atoms with E-state index < -0.39 is 0 Å². The smallest absolute Gasteiger partial charge is 0.222 e. The lowest BCUT2D eigenvalue weighted by molar-refractivity contribution is -0.133. The van der Waals surface area contributed by atoms with Crippen LogP contribution in [0.25, 0.3) is 0 Å². The Kier molecular flexibility index (Phi) is 5.81. The minimum Gasteiger partial charge on any atom is -0.339 e. The van der Waals surface area contributed by atoms with Gasteiger partial charge in [-0.05, 0) is 25.2 Å². The number of nitrogens with zero attached hydrogens (tertiary/aromatic N) is 1. The van der Waals surface area contributed by atoms with Crippen LogP contribution in [-0.4, -0.2) is 29.3 Å². The van der Waals surface area contributed by atoms with E-state index in [4.69, 9.17) is 11.6 Å². The average molecular weight is 272 g/mol. The van der Waals surface area contributed by atoms with Crippen molar-refractivity contribution in [1.82, 2.24) is 4.90 Å². The summed E-state index contributed by atoms with van der Waals surface area (Å²) in [5.74, 6) is 1.75. The standard InChI is InChI=1S/C15H26ClNO/c16-11-12-17(14-7-3-4-8-14)15(18)10-9-13-5-1-2-6-13/h13-14H,1-12H2. The van der Waals surface area contributed by atoms with Crippen molar-refractivity contribution in [2.24, 2.45) is 5.92 Å². The molecular formula is C15H26ClNO. The number of hydrogen-bond acceptors (Lipinski definition) is 1. The molecule has 2 aliphatic carbocycles. The molecule has 1 amide bonds. The van der Waals surface area contributed by atoms with Crippen LogP contribution in [0.3, 0.4) is 0 Å². The van der Waals surface area contributed by atoms with E-state index in [0.717, 1.165) is 25.3 Å². The minimum atomic E-state index is 0.356. The first kappa shape index (κ1) is 14.2. The highest BCUT2D eigenvalue weighted by atomic mass is 35.5. The Labute approximate surface area is 116 Å². The molecule has 3 heteroatoms. The lowest BCUT2D eigenvalue weighted by Crippen LogP contribution is -2.40. The van der Waals surface area contributed by atoms with Gasteiger partial charge in [-0.1, -0.05) is 38.5 Å². The molecule has 2 fully saturated rings. The van der Waals surface area contributed by atoms with Gasteiger partial charge in [-0.25, -0.2) is 0 Å². The van der Waals surface area contributed by atoms with Crippen LogP contribution < -0.4 is 0 Å². The lowest BCUT2D eigenvalue weighted by atomic mass is 10.0. The predicted molar refractivity (Wildman–Crippen MR) is 75.9 cm³/mol. The Morgan fingerprint density at radius 2 is 1.67 bits per heavy atom. The van der Waals surface area contributed by atoms with Gasteiger partial charge in [0.05, 0.1) is 0 Å². The van der Waals surface area contributed by atoms with Crippen LogP contribution in [0.5, 0.6) is 0 Å². The molecular weight excluding hydrogens is 246 g/mol. The molecule has 0 aromatic heterocycles. The number of carbonyl (C=O) groups is 1. The second-order valence-corrected chi connectivity index (χ2v) is 6.28. The summed E-state index contributed by atoms with van der Waals surface area (Å²) in [6, 6.07) is 0.486. The molecule has 0 atom stereocenters. The van der Waals surface area contributed by atoms with Crippen LogP contribution in [0.1, 0.15) is 64.2 Å². The molecule has 0 heterocycles. The van der Waals surface area contributed by atoms with Crippen molar-refractivity contribution in [2.45, 2.75) is 70.3 Å². The van der Waals surface area contributed by atoms with Gasteiger partial charge in [0.2, 0.25) is 5.91 Å².